The van der Waals surface area contributed by atoms with E-state index >= 15 is 0 Å². The summed E-state index contributed by atoms with van der Waals surface area (Å²) in [5.74, 6) is 1.000. The van der Waals surface area contributed by atoms with E-state index in [1.54, 1.807) is 0 Å². The highest BCUT2D eigenvalue weighted by atomic mass is 79.9. The number of fused-ring (bicyclic) bond motifs is 1. The molecule has 3 rings (SSSR count). The molecule has 0 fully saturated rings. The molecule has 0 saturated heterocycles. The van der Waals surface area contributed by atoms with Crippen LogP contribution >= 0.6 is 15.9 Å². The largest absolute Gasteiger partial charge is 0.398 e. The van der Waals surface area contributed by atoms with Gasteiger partial charge < -0.3 is 10.1 Å². The zero-order chi connectivity index (χ0) is 12.5. The Bertz CT molecular complexity index is 686. The molecule has 2 aromatic heterocycles. The van der Waals surface area contributed by atoms with Gasteiger partial charge in [-0.1, -0.05) is 28.1 Å². The number of nitrogens with zero attached hydrogens (tertiary/aromatic N) is 2. The molecular weight excluding hydrogens is 290 g/mol. The molecule has 0 atom stereocenters. The smallest absolute Gasteiger partial charge is 0.117 e. The van der Waals surface area contributed by atoms with Gasteiger partial charge in [0.2, 0.25) is 0 Å². The van der Waals surface area contributed by atoms with E-state index in [0.717, 1.165) is 27.9 Å². The number of rotatable bonds is 2. The van der Waals surface area contributed by atoms with E-state index in [1.165, 1.54) is 5.56 Å². The average molecular weight is 302 g/mol. The van der Waals surface area contributed by atoms with Crippen LogP contribution in [0.1, 0.15) is 11.4 Å². The zero-order valence-electron chi connectivity index (χ0n) is 9.68. The Labute approximate surface area is 113 Å². The molecule has 0 saturated carbocycles. The van der Waals surface area contributed by atoms with Gasteiger partial charge in [0.05, 0.1) is 11.7 Å². The van der Waals surface area contributed by atoms with Crippen LogP contribution in [0.4, 0.5) is 5.69 Å². The van der Waals surface area contributed by atoms with E-state index in [1.807, 2.05) is 41.1 Å². The first-order valence-corrected chi connectivity index (χ1v) is 6.47. The highest BCUT2D eigenvalue weighted by molar-refractivity contribution is 9.10. The predicted molar refractivity (Wildman–Crippen MR) is 76.6 cm³/mol. The molecule has 0 aliphatic heterocycles. The van der Waals surface area contributed by atoms with Gasteiger partial charge in [-0.25, -0.2) is 4.98 Å². The quantitative estimate of drug-likeness (QED) is 0.789. The van der Waals surface area contributed by atoms with Crippen LogP contribution in [0, 0.1) is 0 Å². The summed E-state index contributed by atoms with van der Waals surface area (Å²) in [6, 6.07) is 12.1. The Morgan fingerprint density at radius 3 is 2.67 bits per heavy atom. The number of pyridine rings is 1. The van der Waals surface area contributed by atoms with Crippen molar-refractivity contribution >= 4 is 27.1 Å². The van der Waals surface area contributed by atoms with Crippen molar-refractivity contribution in [3.8, 4) is 0 Å². The van der Waals surface area contributed by atoms with Crippen molar-refractivity contribution in [1.82, 2.24) is 9.38 Å². The van der Waals surface area contributed by atoms with Gasteiger partial charge in [-0.05, 0) is 29.8 Å². The van der Waals surface area contributed by atoms with Crippen LogP contribution in [0.3, 0.4) is 0 Å². The molecule has 0 aliphatic carbocycles. The highest BCUT2D eigenvalue weighted by Gasteiger charge is 2.04. The van der Waals surface area contributed by atoms with Gasteiger partial charge in [-0.2, -0.15) is 0 Å². The fourth-order valence-corrected chi connectivity index (χ4v) is 2.24. The van der Waals surface area contributed by atoms with Gasteiger partial charge in [-0.15, -0.1) is 0 Å². The molecule has 0 amide bonds. The van der Waals surface area contributed by atoms with E-state index in [9.17, 15) is 0 Å². The standard InChI is InChI=1S/C14H12BrN3/c15-11-3-1-10(2-4-11)7-14-17-8-13-6-5-12(16)9-18(13)14/h1-6,8-9H,7,16H2. The minimum Gasteiger partial charge on any atom is -0.398 e. The van der Waals surface area contributed by atoms with Gasteiger partial charge in [0.15, 0.2) is 0 Å². The fraction of sp³-hybridized carbons (Fsp3) is 0.0714. The van der Waals surface area contributed by atoms with Crippen LogP contribution in [0.15, 0.2) is 53.3 Å². The summed E-state index contributed by atoms with van der Waals surface area (Å²) in [6.45, 7) is 0. The minimum absolute atomic E-state index is 0.748. The minimum atomic E-state index is 0.748. The van der Waals surface area contributed by atoms with Crippen molar-refractivity contribution < 1.29 is 0 Å². The molecule has 0 spiro atoms. The topological polar surface area (TPSA) is 43.3 Å². The average Bonchev–Trinajstić information content (AvgIpc) is 2.75. The molecule has 1 aromatic carbocycles. The normalized spacial score (nSPS) is 10.9. The fourth-order valence-electron chi connectivity index (χ4n) is 1.98. The molecule has 3 nitrogen and oxygen atoms in total. The second-order valence-corrected chi connectivity index (χ2v) is 5.15. The summed E-state index contributed by atoms with van der Waals surface area (Å²) in [6.07, 6.45) is 4.58. The van der Waals surface area contributed by atoms with Crippen LogP contribution < -0.4 is 5.73 Å². The Kier molecular flexibility index (Phi) is 2.80. The Morgan fingerprint density at radius 2 is 1.89 bits per heavy atom. The highest BCUT2D eigenvalue weighted by Crippen LogP contribution is 2.16. The first kappa shape index (κ1) is 11.3. The van der Waals surface area contributed by atoms with Crippen molar-refractivity contribution in [2.45, 2.75) is 6.42 Å². The maximum atomic E-state index is 5.81. The summed E-state index contributed by atoms with van der Waals surface area (Å²) in [5.41, 5.74) is 8.85. The Balaban J connectivity index is 1.99. The maximum absolute atomic E-state index is 5.81. The van der Waals surface area contributed by atoms with Gasteiger partial charge in [0.1, 0.15) is 5.82 Å². The number of imidazole rings is 1. The van der Waals surface area contributed by atoms with E-state index in [2.05, 4.69) is 33.0 Å². The molecule has 0 unspecified atom stereocenters. The van der Waals surface area contributed by atoms with Crippen molar-refractivity contribution in [2.24, 2.45) is 0 Å². The zero-order valence-corrected chi connectivity index (χ0v) is 11.3. The van der Waals surface area contributed by atoms with Gasteiger partial charge in [0, 0.05) is 22.8 Å². The molecule has 4 heteroatoms. The number of halogens is 1. The van der Waals surface area contributed by atoms with E-state index in [-0.39, 0.29) is 0 Å². The van der Waals surface area contributed by atoms with Crippen LogP contribution in [-0.2, 0) is 6.42 Å². The van der Waals surface area contributed by atoms with E-state index < -0.39 is 0 Å². The van der Waals surface area contributed by atoms with Crippen LogP contribution in [0.5, 0.6) is 0 Å². The predicted octanol–water partition coefficient (Wildman–Crippen LogP) is 3.27. The summed E-state index contributed by atoms with van der Waals surface area (Å²) in [7, 11) is 0. The summed E-state index contributed by atoms with van der Waals surface area (Å²) in [5, 5.41) is 0. The molecule has 0 bridgehead atoms. The second-order valence-electron chi connectivity index (χ2n) is 4.23. The van der Waals surface area contributed by atoms with Crippen LogP contribution in [-0.4, -0.2) is 9.38 Å². The third-order valence-corrected chi connectivity index (χ3v) is 3.43. The molecule has 3 aromatic rings. The van der Waals surface area contributed by atoms with Crippen LogP contribution in [0.25, 0.3) is 5.52 Å². The number of nitrogen functional groups attached to an aromatic ring is 1. The molecule has 2 heterocycles. The summed E-state index contributed by atoms with van der Waals surface area (Å²) in [4.78, 5) is 4.45. The first-order valence-electron chi connectivity index (χ1n) is 5.68. The van der Waals surface area contributed by atoms with Gasteiger partial charge >= 0.3 is 0 Å². The third-order valence-electron chi connectivity index (χ3n) is 2.90. The van der Waals surface area contributed by atoms with Crippen LogP contribution in [0.2, 0.25) is 0 Å². The van der Waals surface area contributed by atoms with Crippen molar-refractivity contribution in [3.05, 3.63) is 64.7 Å². The third kappa shape index (κ3) is 2.11. The lowest BCUT2D eigenvalue weighted by Crippen LogP contribution is -1.97. The maximum Gasteiger partial charge on any atom is 0.117 e. The number of nitrogens with two attached hydrogens (primary N) is 1. The van der Waals surface area contributed by atoms with E-state index in [0.29, 0.717) is 0 Å². The van der Waals surface area contributed by atoms with Crippen molar-refractivity contribution in [2.75, 3.05) is 5.73 Å². The monoisotopic (exact) mass is 301 g/mol. The molecular formula is C14H12BrN3. The molecule has 90 valence electrons. The van der Waals surface area contributed by atoms with Gasteiger partial charge in [-0.3, -0.25) is 0 Å². The van der Waals surface area contributed by atoms with Gasteiger partial charge in [0.25, 0.3) is 0 Å². The molecule has 0 aliphatic rings. The molecule has 0 radical (unpaired) electrons. The van der Waals surface area contributed by atoms with Crippen molar-refractivity contribution in [1.29, 1.82) is 0 Å². The lowest BCUT2D eigenvalue weighted by atomic mass is 10.1. The lowest BCUT2D eigenvalue weighted by Gasteiger charge is -2.03. The number of hydrogen-bond acceptors (Lipinski definition) is 2. The van der Waals surface area contributed by atoms with E-state index in [4.69, 9.17) is 5.73 Å². The summed E-state index contributed by atoms with van der Waals surface area (Å²) < 4.78 is 3.13. The van der Waals surface area contributed by atoms with Crippen molar-refractivity contribution in [3.63, 3.8) is 0 Å². The first-order chi connectivity index (χ1) is 8.72. The Morgan fingerprint density at radius 1 is 1.11 bits per heavy atom. The molecule has 2 N–H and O–H groups in total. The second kappa shape index (κ2) is 4.46. The number of benzene rings is 1. The number of anilines is 1. The SMILES string of the molecule is Nc1ccc2cnc(Cc3ccc(Br)cc3)n2c1. The number of aromatic nitrogens is 2. The number of hydrogen-bond donors (Lipinski definition) is 1. The summed E-state index contributed by atoms with van der Waals surface area (Å²) >= 11 is 3.44. The lowest BCUT2D eigenvalue weighted by molar-refractivity contribution is 0.962. The Hall–Kier alpha value is -1.81. The molecule has 18 heavy (non-hydrogen) atoms.